The molecule has 1 aromatic carbocycles. The van der Waals surface area contributed by atoms with Gasteiger partial charge in [-0.2, -0.15) is 0 Å². The first-order chi connectivity index (χ1) is 8.09. The highest BCUT2D eigenvalue weighted by molar-refractivity contribution is 6.44. The molecule has 17 heavy (non-hydrogen) atoms. The highest BCUT2D eigenvalue weighted by Gasteiger charge is 2.19. The van der Waals surface area contributed by atoms with Crippen molar-refractivity contribution in [3.63, 3.8) is 0 Å². The van der Waals surface area contributed by atoms with Crippen molar-refractivity contribution in [1.29, 1.82) is 0 Å². The van der Waals surface area contributed by atoms with Gasteiger partial charge in [-0.25, -0.2) is 0 Å². The number of nitrogens with zero attached hydrogens (tertiary/aromatic N) is 2. The van der Waals surface area contributed by atoms with Gasteiger partial charge >= 0.3 is 0 Å². The molecule has 2 rings (SSSR count). The van der Waals surface area contributed by atoms with Gasteiger partial charge in [0.25, 0.3) is 5.69 Å². The number of halogens is 2. The highest BCUT2D eigenvalue weighted by atomic mass is 35.5. The molecule has 0 radical (unpaired) electrons. The zero-order valence-corrected chi connectivity index (χ0v) is 9.85. The van der Waals surface area contributed by atoms with Crippen LogP contribution in [0, 0.1) is 10.1 Å². The first kappa shape index (κ1) is 11.9. The third-order valence-corrected chi connectivity index (χ3v) is 2.70. The molecule has 0 amide bonds. The van der Waals surface area contributed by atoms with Crippen molar-refractivity contribution < 1.29 is 9.45 Å². The smallest absolute Gasteiger partial charge is 0.275 e. The van der Waals surface area contributed by atoms with Crippen LogP contribution >= 0.6 is 23.2 Å². The molecule has 0 unspecified atom stereocenters. The van der Waals surface area contributed by atoms with Crippen molar-refractivity contribution in [1.82, 2.24) is 5.16 Å². The Morgan fingerprint density at radius 1 is 1.35 bits per heavy atom. The van der Waals surface area contributed by atoms with Gasteiger partial charge in [-0.1, -0.05) is 28.4 Å². The van der Waals surface area contributed by atoms with E-state index in [0.717, 1.165) is 0 Å². The van der Waals surface area contributed by atoms with Crippen LogP contribution in [0.2, 0.25) is 0 Å². The Bertz CT molecular complexity index is 540. The van der Waals surface area contributed by atoms with Crippen molar-refractivity contribution in [2.75, 3.05) is 0 Å². The fraction of sp³-hybridized carbons (Fsp3) is 0.100. The van der Waals surface area contributed by atoms with E-state index in [1.54, 1.807) is 12.1 Å². The fourth-order valence-electron chi connectivity index (χ4n) is 1.42. The molecule has 0 aliphatic rings. The van der Waals surface area contributed by atoms with Gasteiger partial charge in [0.2, 0.25) is 0 Å². The predicted molar refractivity (Wildman–Crippen MR) is 63.0 cm³/mol. The van der Waals surface area contributed by atoms with Gasteiger partial charge in [0.05, 0.1) is 16.7 Å². The molecule has 1 heterocycles. The van der Waals surface area contributed by atoms with E-state index in [9.17, 15) is 10.1 Å². The minimum atomic E-state index is -0.963. The van der Waals surface area contributed by atoms with Gasteiger partial charge in [-0.15, -0.1) is 0 Å². The van der Waals surface area contributed by atoms with Crippen LogP contribution in [0.4, 0.5) is 5.69 Å². The van der Waals surface area contributed by atoms with Gasteiger partial charge in [0.1, 0.15) is 11.1 Å². The van der Waals surface area contributed by atoms with Gasteiger partial charge in [0.15, 0.2) is 0 Å². The summed E-state index contributed by atoms with van der Waals surface area (Å²) in [5.74, 6) is 0. The number of hydrogen-bond acceptors (Lipinski definition) is 4. The molecule has 0 aliphatic carbocycles. The average molecular weight is 273 g/mol. The third-order valence-electron chi connectivity index (χ3n) is 2.22. The van der Waals surface area contributed by atoms with Crippen LogP contribution in [-0.2, 0) is 0 Å². The first-order valence-corrected chi connectivity index (χ1v) is 5.43. The number of alkyl halides is 2. The maximum Gasteiger partial charge on any atom is 0.275 e. The molecule has 0 N–H and O–H groups in total. The predicted octanol–water partition coefficient (Wildman–Crippen LogP) is 3.73. The topological polar surface area (TPSA) is 69.2 Å². The fourth-order valence-corrected chi connectivity index (χ4v) is 1.77. The minimum absolute atomic E-state index is 0.111. The Hall–Kier alpha value is -1.59. The van der Waals surface area contributed by atoms with E-state index in [0.29, 0.717) is 11.1 Å². The molecular formula is C10H6Cl2N2O3. The van der Waals surface area contributed by atoms with E-state index in [2.05, 4.69) is 5.16 Å². The second-order valence-electron chi connectivity index (χ2n) is 3.24. The normalized spacial score (nSPS) is 10.8. The van der Waals surface area contributed by atoms with Crippen LogP contribution in [-0.4, -0.2) is 10.1 Å². The summed E-state index contributed by atoms with van der Waals surface area (Å²) in [5.41, 5.74) is 1.55. The molecule has 0 fully saturated rings. The molecule has 88 valence electrons. The number of benzene rings is 1. The largest absolute Gasteiger partial charge is 0.364 e. The van der Waals surface area contributed by atoms with Crippen LogP contribution < -0.4 is 0 Å². The quantitative estimate of drug-likeness (QED) is 0.485. The van der Waals surface area contributed by atoms with E-state index in [1.807, 2.05) is 0 Å². The molecule has 0 aliphatic heterocycles. The lowest BCUT2D eigenvalue weighted by Gasteiger charge is -2.05. The first-order valence-electron chi connectivity index (χ1n) is 4.56. The Morgan fingerprint density at radius 3 is 2.65 bits per heavy atom. The van der Waals surface area contributed by atoms with E-state index in [4.69, 9.17) is 27.7 Å². The van der Waals surface area contributed by atoms with Crippen LogP contribution in [0.15, 0.2) is 35.2 Å². The molecular weight excluding hydrogens is 267 g/mol. The van der Waals surface area contributed by atoms with Gasteiger partial charge in [0, 0.05) is 11.6 Å². The van der Waals surface area contributed by atoms with Crippen LogP contribution in [0.3, 0.4) is 0 Å². The molecule has 0 saturated heterocycles. The monoisotopic (exact) mass is 272 g/mol. The molecule has 1 aromatic heterocycles. The number of hydrogen-bond donors (Lipinski definition) is 0. The summed E-state index contributed by atoms with van der Waals surface area (Å²) in [6.45, 7) is 0. The Morgan fingerprint density at radius 2 is 2.12 bits per heavy atom. The molecule has 0 bridgehead atoms. The maximum atomic E-state index is 10.8. The lowest BCUT2D eigenvalue weighted by atomic mass is 10.1. The Labute approximate surface area is 106 Å². The number of nitro groups is 1. The van der Waals surface area contributed by atoms with E-state index < -0.39 is 9.76 Å². The third kappa shape index (κ3) is 2.40. The van der Waals surface area contributed by atoms with E-state index in [-0.39, 0.29) is 11.3 Å². The van der Waals surface area contributed by atoms with Crippen LogP contribution in [0.25, 0.3) is 11.1 Å². The van der Waals surface area contributed by atoms with Crippen molar-refractivity contribution in [3.05, 3.63) is 46.3 Å². The molecule has 7 heteroatoms. The van der Waals surface area contributed by atoms with Crippen molar-refractivity contribution in [3.8, 4) is 11.1 Å². The van der Waals surface area contributed by atoms with Crippen molar-refractivity contribution >= 4 is 28.9 Å². The summed E-state index contributed by atoms with van der Waals surface area (Å²) in [6.07, 6.45) is 2.94. The zero-order valence-electron chi connectivity index (χ0n) is 8.34. The van der Waals surface area contributed by atoms with Crippen LogP contribution in [0.5, 0.6) is 0 Å². The minimum Gasteiger partial charge on any atom is -0.364 e. The Balaban J connectivity index is 2.53. The summed E-state index contributed by atoms with van der Waals surface area (Å²) in [4.78, 5) is 9.30. The highest BCUT2D eigenvalue weighted by Crippen LogP contribution is 2.35. The lowest BCUT2D eigenvalue weighted by molar-refractivity contribution is -0.385. The number of aromatic nitrogens is 1. The summed E-state index contributed by atoms with van der Waals surface area (Å²) >= 11 is 11.4. The van der Waals surface area contributed by atoms with Crippen molar-refractivity contribution in [2.45, 2.75) is 4.84 Å². The summed E-state index contributed by atoms with van der Waals surface area (Å²) < 4.78 is 4.70. The van der Waals surface area contributed by atoms with Crippen LogP contribution in [0.1, 0.15) is 10.4 Å². The standard InChI is InChI=1S/C10H6Cl2N2O3/c11-10(12)8-3-6(7-4-13-17-5-7)1-2-9(8)14(15)16/h1-5,10H. The van der Waals surface area contributed by atoms with Gasteiger partial charge in [-0.3, -0.25) is 10.1 Å². The molecule has 5 nitrogen and oxygen atoms in total. The summed E-state index contributed by atoms with van der Waals surface area (Å²) in [5, 5.41) is 14.3. The molecule has 0 atom stereocenters. The maximum absolute atomic E-state index is 10.8. The van der Waals surface area contributed by atoms with Crippen molar-refractivity contribution in [2.24, 2.45) is 0 Å². The zero-order chi connectivity index (χ0) is 12.4. The average Bonchev–Trinajstić information content (AvgIpc) is 2.81. The number of nitro benzene ring substituents is 1. The molecule has 2 aromatic rings. The molecule has 0 spiro atoms. The Kier molecular flexibility index (Phi) is 3.31. The summed E-state index contributed by atoms with van der Waals surface area (Å²) in [7, 11) is 0. The SMILES string of the molecule is O=[N+]([O-])c1ccc(-c2cnoc2)cc1C(Cl)Cl. The summed E-state index contributed by atoms with van der Waals surface area (Å²) in [6, 6.07) is 4.50. The lowest BCUT2D eigenvalue weighted by Crippen LogP contribution is -1.95. The van der Waals surface area contributed by atoms with E-state index in [1.165, 1.54) is 18.5 Å². The number of rotatable bonds is 3. The second kappa shape index (κ2) is 4.73. The van der Waals surface area contributed by atoms with Gasteiger partial charge < -0.3 is 4.52 Å². The second-order valence-corrected chi connectivity index (χ2v) is 4.34. The van der Waals surface area contributed by atoms with E-state index >= 15 is 0 Å². The van der Waals surface area contributed by atoms with Gasteiger partial charge in [-0.05, 0) is 17.7 Å². The molecule has 0 saturated carbocycles.